The van der Waals surface area contributed by atoms with Gasteiger partial charge in [0.05, 0.1) is 5.75 Å². The molecule has 0 spiro atoms. The number of fused-ring (bicyclic) bond motifs is 1. The highest BCUT2D eigenvalue weighted by Crippen LogP contribution is 2.27. The molecule has 2 heteroatoms. The second kappa shape index (κ2) is 3.77. The van der Waals surface area contributed by atoms with Crippen LogP contribution >= 0.6 is 11.8 Å². The van der Waals surface area contributed by atoms with E-state index in [2.05, 4.69) is 32.0 Å². The van der Waals surface area contributed by atoms with Crippen molar-refractivity contribution in [1.29, 1.82) is 0 Å². The summed E-state index contributed by atoms with van der Waals surface area (Å²) in [6.45, 7) is 4.31. The van der Waals surface area contributed by atoms with E-state index >= 15 is 0 Å². The molecule has 0 atom stereocenters. The Morgan fingerprint density at radius 3 is 2.79 bits per heavy atom. The highest BCUT2D eigenvalue weighted by molar-refractivity contribution is 7.99. The summed E-state index contributed by atoms with van der Waals surface area (Å²) in [5.74, 6) is 2.43. The molecule has 1 heterocycles. The fourth-order valence-electron chi connectivity index (χ4n) is 1.67. The molecule has 0 N–H and O–H groups in total. The molecule has 14 heavy (non-hydrogen) atoms. The van der Waals surface area contributed by atoms with Crippen molar-refractivity contribution >= 4 is 17.5 Å². The maximum absolute atomic E-state index is 11.6. The molecule has 0 saturated heterocycles. The fourth-order valence-corrected chi connectivity index (χ4v) is 2.58. The zero-order valence-corrected chi connectivity index (χ0v) is 9.36. The molecular weight excluding hydrogens is 192 g/mol. The number of ketones is 1. The predicted molar refractivity (Wildman–Crippen MR) is 61.0 cm³/mol. The van der Waals surface area contributed by atoms with Gasteiger partial charge in [-0.1, -0.05) is 26.0 Å². The number of hydrogen-bond acceptors (Lipinski definition) is 2. The first-order chi connectivity index (χ1) is 6.68. The predicted octanol–water partition coefficient (Wildman–Crippen LogP) is 3.24. The molecule has 1 nitrogen and oxygen atoms in total. The van der Waals surface area contributed by atoms with E-state index in [0.717, 1.165) is 11.3 Å². The van der Waals surface area contributed by atoms with Gasteiger partial charge in [0.2, 0.25) is 0 Å². The Hall–Kier alpha value is -0.760. The van der Waals surface area contributed by atoms with Crippen molar-refractivity contribution in [2.24, 2.45) is 0 Å². The van der Waals surface area contributed by atoms with E-state index < -0.39 is 0 Å². The van der Waals surface area contributed by atoms with Crippen molar-refractivity contribution in [3.05, 3.63) is 34.9 Å². The average molecular weight is 206 g/mol. The molecule has 1 aliphatic rings. The number of hydrogen-bond donors (Lipinski definition) is 0. The zero-order valence-electron chi connectivity index (χ0n) is 8.54. The molecular formula is C12H14OS. The van der Waals surface area contributed by atoms with Crippen molar-refractivity contribution in [2.45, 2.75) is 25.5 Å². The molecule has 0 radical (unpaired) electrons. The van der Waals surface area contributed by atoms with Crippen molar-refractivity contribution in [2.75, 3.05) is 5.75 Å². The lowest BCUT2D eigenvalue weighted by Crippen LogP contribution is -2.12. The summed E-state index contributed by atoms with van der Waals surface area (Å²) in [5, 5.41) is 0. The molecule has 0 amide bonds. The van der Waals surface area contributed by atoms with Crippen LogP contribution in [0.15, 0.2) is 18.2 Å². The van der Waals surface area contributed by atoms with Gasteiger partial charge in [-0.25, -0.2) is 0 Å². The van der Waals surface area contributed by atoms with Gasteiger partial charge in [0.15, 0.2) is 5.78 Å². The zero-order chi connectivity index (χ0) is 10.1. The van der Waals surface area contributed by atoms with E-state index in [0.29, 0.717) is 17.5 Å². The summed E-state index contributed by atoms with van der Waals surface area (Å²) in [7, 11) is 0. The number of carbonyl (C=O) groups is 1. The third-order valence-electron chi connectivity index (χ3n) is 2.59. The van der Waals surface area contributed by atoms with Gasteiger partial charge >= 0.3 is 0 Å². The highest BCUT2D eigenvalue weighted by Gasteiger charge is 2.17. The van der Waals surface area contributed by atoms with E-state index in [1.165, 1.54) is 11.1 Å². The van der Waals surface area contributed by atoms with Crippen LogP contribution in [0.2, 0.25) is 0 Å². The van der Waals surface area contributed by atoms with Gasteiger partial charge in [-0.2, -0.15) is 0 Å². The maximum atomic E-state index is 11.6. The molecule has 0 aliphatic carbocycles. The minimum absolute atomic E-state index is 0.291. The molecule has 1 aromatic carbocycles. The number of thioether (sulfide) groups is 1. The second-order valence-corrected chi connectivity index (χ2v) is 4.97. The van der Waals surface area contributed by atoms with Gasteiger partial charge in [0.1, 0.15) is 0 Å². The van der Waals surface area contributed by atoms with Crippen LogP contribution in [0.25, 0.3) is 0 Å². The molecule has 2 rings (SSSR count). The molecule has 0 aromatic heterocycles. The summed E-state index contributed by atoms with van der Waals surface area (Å²) >= 11 is 1.71. The maximum Gasteiger partial charge on any atom is 0.173 e. The largest absolute Gasteiger partial charge is 0.293 e. The smallest absolute Gasteiger partial charge is 0.173 e. The van der Waals surface area contributed by atoms with Crippen LogP contribution in [0.4, 0.5) is 0 Å². The van der Waals surface area contributed by atoms with Gasteiger partial charge in [-0.15, -0.1) is 11.8 Å². The van der Waals surface area contributed by atoms with Crippen LogP contribution in [0, 0.1) is 0 Å². The van der Waals surface area contributed by atoms with Gasteiger partial charge in [-0.05, 0) is 23.1 Å². The normalized spacial score (nSPS) is 15.8. The first-order valence-electron chi connectivity index (χ1n) is 4.92. The first kappa shape index (κ1) is 9.78. The summed E-state index contributed by atoms with van der Waals surface area (Å²) in [6.07, 6.45) is 0. The molecule has 0 bridgehead atoms. The van der Waals surface area contributed by atoms with Gasteiger partial charge in [-0.3, -0.25) is 4.79 Å². The molecule has 74 valence electrons. The Labute approximate surface area is 88.9 Å². The third-order valence-corrected chi connectivity index (χ3v) is 3.57. The van der Waals surface area contributed by atoms with E-state index in [4.69, 9.17) is 0 Å². The SMILES string of the molecule is CC(C)c1ccc2c(c1)C(=O)CSC2. The van der Waals surface area contributed by atoms with Crippen LogP contribution in [0.3, 0.4) is 0 Å². The van der Waals surface area contributed by atoms with Gasteiger partial charge < -0.3 is 0 Å². The van der Waals surface area contributed by atoms with Crippen molar-refractivity contribution in [3.8, 4) is 0 Å². The average Bonchev–Trinajstić information content (AvgIpc) is 2.18. The van der Waals surface area contributed by atoms with Crippen LogP contribution in [-0.2, 0) is 5.75 Å². The van der Waals surface area contributed by atoms with E-state index in [1.807, 2.05) is 0 Å². The monoisotopic (exact) mass is 206 g/mol. The summed E-state index contributed by atoms with van der Waals surface area (Å²) in [6, 6.07) is 6.32. The van der Waals surface area contributed by atoms with Gasteiger partial charge in [0.25, 0.3) is 0 Å². The van der Waals surface area contributed by atoms with Crippen LogP contribution in [0.5, 0.6) is 0 Å². The number of benzene rings is 1. The van der Waals surface area contributed by atoms with E-state index in [9.17, 15) is 4.79 Å². The Morgan fingerprint density at radius 1 is 1.29 bits per heavy atom. The summed E-state index contributed by atoms with van der Waals surface area (Å²) in [4.78, 5) is 11.6. The standard InChI is InChI=1S/C12H14OS/c1-8(2)9-3-4-10-6-14-7-12(13)11(10)5-9/h3-5,8H,6-7H2,1-2H3. The van der Waals surface area contributed by atoms with Crippen molar-refractivity contribution < 1.29 is 4.79 Å². The Kier molecular flexibility index (Phi) is 2.64. The van der Waals surface area contributed by atoms with Crippen LogP contribution in [0.1, 0.15) is 41.3 Å². The highest BCUT2D eigenvalue weighted by atomic mass is 32.2. The lowest BCUT2D eigenvalue weighted by Gasteiger charge is -2.16. The molecule has 1 aliphatic heterocycles. The molecule has 1 aromatic rings. The summed E-state index contributed by atoms with van der Waals surface area (Å²) in [5.41, 5.74) is 3.43. The van der Waals surface area contributed by atoms with E-state index in [-0.39, 0.29) is 0 Å². The second-order valence-electron chi connectivity index (χ2n) is 3.99. The molecule has 0 fully saturated rings. The van der Waals surface area contributed by atoms with Crippen LogP contribution < -0.4 is 0 Å². The topological polar surface area (TPSA) is 17.1 Å². The lowest BCUT2D eigenvalue weighted by atomic mass is 9.96. The Morgan fingerprint density at radius 2 is 2.07 bits per heavy atom. The lowest BCUT2D eigenvalue weighted by molar-refractivity contribution is 0.102. The Bertz CT molecular complexity index is 369. The van der Waals surface area contributed by atoms with Gasteiger partial charge in [0, 0.05) is 11.3 Å². The third kappa shape index (κ3) is 1.71. The number of carbonyl (C=O) groups excluding carboxylic acids is 1. The number of Topliss-reactive ketones (excluding diaryl/α,β-unsaturated/α-hetero) is 1. The molecule has 0 saturated carbocycles. The van der Waals surface area contributed by atoms with Crippen molar-refractivity contribution in [1.82, 2.24) is 0 Å². The first-order valence-corrected chi connectivity index (χ1v) is 6.07. The minimum Gasteiger partial charge on any atom is -0.293 e. The summed E-state index contributed by atoms with van der Waals surface area (Å²) < 4.78 is 0. The Balaban J connectivity index is 2.46. The minimum atomic E-state index is 0.291. The fraction of sp³-hybridized carbons (Fsp3) is 0.417. The van der Waals surface area contributed by atoms with E-state index in [1.54, 1.807) is 11.8 Å². The van der Waals surface area contributed by atoms with Crippen molar-refractivity contribution in [3.63, 3.8) is 0 Å². The van der Waals surface area contributed by atoms with Crippen LogP contribution in [-0.4, -0.2) is 11.5 Å². The quantitative estimate of drug-likeness (QED) is 0.701. The molecule has 0 unspecified atom stereocenters. The number of rotatable bonds is 1.